The Morgan fingerprint density at radius 2 is 0.648 bits per heavy atom. The van der Waals surface area contributed by atoms with Gasteiger partial charge >= 0.3 is 334 Å². The molecule has 0 saturated heterocycles. The SMILES string of the molecule is CC1=Cc2c(-c3ccc(C)cc3)ccc(-c3ccc(C)cc3)c2[CH]1[Zr]([Cl])([Cl])([CH]1C(C)=Cc2c(-c3ccc(C)cc3)ccc(-c3ccc(C)cc3)c21)[SiH](C)C. The Balaban J connectivity index is 1.43. The Morgan fingerprint density at radius 1 is 0.389 bits per heavy atom. The van der Waals surface area contributed by atoms with Crippen molar-refractivity contribution in [3.05, 3.63) is 177 Å². The number of hydrogen-bond donors (Lipinski definition) is 0. The molecule has 0 nitrogen and oxygen atoms in total. The predicted molar refractivity (Wildman–Crippen MR) is 237 cm³/mol. The Morgan fingerprint density at radius 3 is 0.926 bits per heavy atom. The van der Waals surface area contributed by atoms with Gasteiger partial charge in [0.1, 0.15) is 0 Å². The van der Waals surface area contributed by atoms with Crippen LogP contribution in [-0.2, 0) is 15.6 Å². The summed E-state index contributed by atoms with van der Waals surface area (Å²) in [7, 11) is 17.9. The molecule has 0 aliphatic heterocycles. The second-order valence-electron chi connectivity index (χ2n) is 16.5. The summed E-state index contributed by atoms with van der Waals surface area (Å²) in [5.74, 6) is -1.80. The van der Waals surface area contributed by atoms with Gasteiger partial charge in [-0.15, -0.1) is 0 Å². The molecule has 0 radical (unpaired) electrons. The van der Waals surface area contributed by atoms with Gasteiger partial charge in [-0.2, -0.15) is 0 Å². The molecule has 2 aliphatic rings. The van der Waals surface area contributed by atoms with Gasteiger partial charge in [-0.1, -0.05) is 0 Å². The Hall–Kier alpha value is -3.52. The number of hydrogen-bond acceptors (Lipinski definition) is 0. The summed E-state index contributed by atoms with van der Waals surface area (Å²) in [6, 6.07) is 45.3. The van der Waals surface area contributed by atoms with Gasteiger partial charge in [0, 0.05) is 0 Å². The Labute approximate surface area is 331 Å². The van der Waals surface area contributed by atoms with Gasteiger partial charge in [-0.3, -0.25) is 0 Å². The fraction of sp³-hybridized carbons (Fsp3) is 0.200. The maximum atomic E-state index is 8.95. The number of benzene rings is 6. The molecule has 2 aliphatic carbocycles. The van der Waals surface area contributed by atoms with Crippen molar-refractivity contribution in [1.82, 2.24) is 0 Å². The first-order valence-electron chi connectivity index (χ1n) is 19.3. The second-order valence-corrected chi connectivity index (χ2v) is 59.0. The third-order valence-corrected chi connectivity index (χ3v) is 64.6. The Bertz CT molecular complexity index is 2320. The molecule has 271 valence electrons. The summed E-state index contributed by atoms with van der Waals surface area (Å²) < 4.78 is -0.0716. The molecule has 54 heavy (non-hydrogen) atoms. The van der Waals surface area contributed by atoms with Crippen LogP contribution in [-0.4, -0.2) is 5.92 Å². The van der Waals surface area contributed by atoms with Crippen LogP contribution in [0.15, 0.2) is 132 Å². The summed E-state index contributed by atoms with van der Waals surface area (Å²) in [6.45, 7) is 18.2. The van der Waals surface area contributed by atoms with E-state index in [1.165, 1.54) is 100 Å². The number of aryl methyl sites for hydroxylation is 4. The quantitative estimate of drug-likeness (QED) is 0.141. The zero-order valence-electron chi connectivity index (χ0n) is 32.7. The van der Waals surface area contributed by atoms with Gasteiger partial charge in [-0.25, -0.2) is 0 Å². The first-order chi connectivity index (χ1) is 25.8. The molecule has 6 aromatic carbocycles. The first kappa shape index (κ1) is 37.4. The van der Waals surface area contributed by atoms with E-state index in [4.69, 9.17) is 17.0 Å². The van der Waals surface area contributed by atoms with E-state index < -0.39 is 21.5 Å². The van der Waals surface area contributed by atoms with E-state index in [1.807, 2.05) is 0 Å². The average Bonchev–Trinajstić information content (AvgIpc) is 3.70. The van der Waals surface area contributed by atoms with Gasteiger partial charge in [0.25, 0.3) is 0 Å². The number of rotatable bonds is 7. The van der Waals surface area contributed by atoms with Gasteiger partial charge in [-0.05, 0) is 0 Å². The van der Waals surface area contributed by atoms with Crippen molar-refractivity contribution in [3.8, 4) is 44.5 Å². The molecule has 0 spiro atoms. The summed E-state index contributed by atoms with van der Waals surface area (Å²) >= 11 is -5.13. The van der Waals surface area contributed by atoms with Crippen LogP contribution in [0, 0.1) is 27.7 Å². The number of fused-ring (bicyclic) bond motifs is 2. The van der Waals surface area contributed by atoms with E-state index >= 15 is 0 Å². The van der Waals surface area contributed by atoms with Gasteiger partial charge in [0.05, 0.1) is 0 Å². The van der Waals surface area contributed by atoms with Crippen LogP contribution in [0.1, 0.15) is 65.6 Å². The van der Waals surface area contributed by atoms with Crippen molar-refractivity contribution in [1.29, 1.82) is 0 Å². The molecule has 0 N–H and O–H groups in total. The fourth-order valence-electron chi connectivity index (χ4n) is 9.48. The molecular formula is C50H49Cl2SiZr. The summed E-state index contributed by atoms with van der Waals surface area (Å²) in [5.41, 5.74) is 22.8. The van der Waals surface area contributed by atoms with Crippen molar-refractivity contribution in [3.63, 3.8) is 0 Å². The van der Waals surface area contributed by atoms with E-state index in [1.54, 1.807) is 0 Å². The molecule has 8 rings (SSSR count). The molecule has 0 fully saturated rings. The molecule has 0 saturated carbocycles. The topological polar surface area (TPSA) is 0 Å². The van der Waals surface area contributed by atoms with Crippen molar-refractivity contribution in [2.24, 2.45) is 0 Å². The molecule has 0 heterocycles. The van der Waals surface area contributed by atoms with Crippen LogP contribution < -0.4 is 0 Å². The zero-order chi connectivity index (χ0) is 38.1. The van der Waals surface area contributed by atoms with E-state index in [2.05, 4.69) is 188 Å². The molecule has 2 atom stereocenters. The average molecular weight is 840 g/mol. The van der Waals surface area contributed by atoms with Gasteiger partial charge in [0.15, 0.2) is 0 Å². The van der Waals surface area contributed by atoms with Crippen LogP contribution in [0.5, 0.6) is 0 Å². The molecule has 4 heteroatoms. The predicted octanol–water partition coefficient (Wildman–Crippen LogP) is 15.2. The fourth-order valence-corrected chi connectivity index (χ4v) is 42.1. The zero-order valence-corrected chi connectivity index (χ0v) is 37.8. The minimum absolute atomic E-state index is 0.0358. The summed E-state index contributed by atoms with van der Waals surface area (Å²) in [5, 5.41) is 0. The maximum absolute atomic E-state index is 8.95. The van der Waals surface area contributed by atoms with Gasteiger partial charge < -0.3 is 0 Å². The summed E-state index contributed by atoms with van der Waals surface area (Å²) in [4.78, 5) is 0. The van der Waals surface area contributed by atoms with Crippen LogP contribution in [0.25, 0.3) is 56.7 Å². The molecule has 6 aromatic rings. The standard InChI is InChI=1S/2C24H21.C2H7Si.2ClH.Zr/c2*1-16-4-8-19(9-5-16)21-12-13-22(20-10-6-17(2)7-11-20)24-15-18(3)14-23(21)24;1-3-2;;;/h2*4-15H,1-3H3;3H,1-2H3;2*1H;/q;;;;;+2/p-2. The van der Waals surface area contributed by atoms with Crippen molar-refractivity contribution in [2.45, 2.75) is 61.9 Å². The van der Waals surface area contributed by atoms with Crippen LogP contribution in [0.3, 0.4) is 0 Å². The minimum atomic E-state index is -5.13. The van der Waals surface area contributed by atoms with E-state index in [9.17, 15) is 0 Å². The molecule has 0 bridgehead atoms. The molecule has 0 amide bonds. The van der Waals surface area contributed by atoms with E-state index in [0.29, 0.717) is 0 Å². The van der Waals surface area contributed by atoms with Crippen LogP contribution in [0.4, 0.5) is 0 Å². The first-order valence-corrected chi connectivity index (χ1v) is 35.6. The number of allylic oxidation sites excluding steroid dienone is 2. The van der Waals surface area contributed by atoms with Crippen molar-refractivity contribution in [2.75, 3.05) is 0 Å². The monoisotopic (exact) mass is 837 g/mol. The van der Waals surface area contributed by atoms with Gasteiger partial charge in [0.2, 0.25) is 0 Å². The second kappa shape index (κ2) is 13.9. The third kappa shape index (κ3) is 6.04. The van der Waals surface area contributed by atoms with Crippen molar-refractivity contribution >= 4 is 35.1 Å². The normalized spacial score (nSPS) is 17.1. The summed E-state index contributed by atoms with van der Waals surface area (Å²) in [6.07, 6.45) is 4.89. The third-order valence-electron chi connectivity index (χ3n) is 12.5. The van der Waals surface area contributed by atoms with E-state index in [-0.39, 0.29) is 7.25 Å². The molecular weight excluding hydrogens is 791 g/mol. The van der Waals surface area contributed by atoms with Crippen LogP contribution in [0.2, 0.25) is 13.1 Å². The Kier molecular flexibility index (Phi) is 9.63. The van der Waals surface area contributed by atoms with E-state index in [0.717, 1.165) is 0 Å². The van der Waals surface area contributed by atoms with Crippen molar-refractivity contribution < 1.29 is 15.6 Å². The number of halogens is 2. The molecule has 2 unspecified atom stereocenters. The van der Waals surface area contributed by atoms with Crippen LogP contribution >= 0.6 is 17.0 Å². The molecule has 0 aromatic heterocycles.